The number of likely N-dealkylation sites (tertiary alicyclic amines) is 1. The highest BCUT2D eigenvalue weighted by Crippen LogP contribution is 2.47. The molecule has 0 atom stereocenters. The van der Waals surface area contributed by atoms with Crippen molar-refractivity contribution >= 4 is 52.6 Å². The van der Waals surface area contributed by atoms with Crippen molar-refractivity contribution in [3.8, 4) is 0 Å². The fraction of sp³-hybridized carbons (Fsp3) is 0.600. The summed E-state index contributed by atoms with van der Waals surface area (Å²) in [5.41, 5.74) is 6.34. The zero-order valence-corrected chi connectivity index (χ0v) is 23.2. The third-order valence-electron chi connectivity index (χ3n) is 6.68. The predicted molar refractivity (Wildman–Crippen MR) is 145 cm³/mol. The van der Waals surface area contributed by atoms with E-state index in [4.69, 9.17) is 27.1 Å². The van der Waals surface area contributed by atoms with Crippen LogP contribution >= 0.6 is 23.4 Å². The van der Waals surface area contributed by atoms with E-state index in [1.807, 2.05) is 39.5 Å². The highest BCUT2D eigenvalue weighted by atomic mass is 35.5. The van der Waals surface area contributed by atoms with Gasteiger partial charge in [-0.3, -0.25) is 0 Å². The Hall–Kier alpha value is -2.46. The average molecular weight is 534 g/mol. The number of rotatable bonds is 2. The van der Waals surface area contributed by atoms with Crippen LogP contribution in [0.3, 0.4) is 0 Å². The Labute approximate surface area is 222 Å². The molecule has 0 unspecified atom stereocenters. The summed E-state index contributed by atoms with van der Waals surface area (Å²) in [4.78, 5) is 28.6. The van der Waals surface area contributed by atoms with E-state index >= 15 is 0 Å². The first-order valence-corrected chi connectivity index (χ1v) is 13.8. The molecular weight excluding hydrogens is 498 g/mol. The van der Waals surface area contributed by atoms with Gasteiger partial charge in [-0.2, -0.15) is 0 Å². The SMILES string of the molecule is CC.CC(C)(C)OC(=O)N1CCC2(CCC(Nc3cnc4c(n3)Nc3cnc(N)c(Cl)c3S4)CC2)C1. The van der Waals surface area contributed by atoms with E-state index < -0.39 is 5.60 Å². The second-order valence-corrected chi connectivity index (χ2v) is 11.8. The molecule has 0 radical (unpaired) electrons. The normalized spacial score (nSPS) is 22.6. The van der Waals surface area contributed by atoms with Gasteiger partial charge in [0.15, 0.2) is 5.82 Å². The molecule has 0 aromatic carbocycles. The van der Waals surface area contributed by atoms with Gasteiger partial charge in [0.1, 0.15) is 22.3 Å². The summed E-state index contributed by atoms with van der Waals surface area (Å²) in [5.74, 6) is 1.73. The lowest BCUT2D eigenvalue weighted by atomic mass is 9.72. The molecule has 0 bridgehead atoms. The Balaban J connectivity index is 0.00000148. The zero-order valence-electron chi connectivity index (χ0n) is 21.7. The van der Waals surface area contributed by atoms with Gasteiger partial charge in [0.05, 0.1) is 28.0 Å². The van der Waals surface area contributed by atoms with E-state index in [0.717, 1.165) is 66.6 Å². The van der Waals surface area contributed by atoms with Crippen LogP contribution in [0.25, 0.3) is 0 Å². The Morgan fingerprint density at radius 2 is 1.97 bits per heavy atom. The molecule has 1 saturated heterocycles. The van der Waals surface area contributed by atoms with Gasteiger partial charge in [-0.15, -0.1) is 0 Å². The number of amides is 1. The molecule has 2 aromatic rings. The van der Waals surface area contributed by atoms with Crippen LogP contribution in [0, 0.1) is 5.41 Å². The molecule has 1 saturated carbocycles. The number of nitrogen functional groups attached to an aromatic ring is 1. The van der Waals surface area contributed by atoms with Crippen LogP contribution in [0.5, 0.6) is 0 Å². The molecule has 9 nitrogen and oxygen atoms in total. The van der Waals surface area contributed by atoms with Gasteiger partial charge < -0.3 is 26.0 Å². The number of fused-ring (bicyclic) bond motifs is 2. The first-order chi connectivity index (χ1) is 17.1. The molecule has 1 spiro atoms. The number of nitrogens with two attached hydrogens (primary N) is 1. The second-order valence-electron chi connectivity index (χ2n) is 10.4. The molecule has 4 N–H and O–H groups in total. The maximum Gasteiger partial charge on any atom is 0.410 e. The molecule has 1 amide bonds. The molecule has 5 rings (SSSR count). The predicted octanol–water partition coefficient (Wildman–Crippen LogP) is 6.32. The van der Waals surface area contributed by atoms with E-state index in [0.29, 0.717) is 22.7 Å². The van der Waals surface area contributed by atoms with Crippen LogP contribution < -0.4 is 16.4 Å². The van der Waals surface area contributed by atoms with Crippen LogP contribution in [0.15, 0.2) is 22.3 Å². The molecule has 2 aliphatic heterocycles. The fourth-order valence-electron chi connectivity index (χ4n) is 4.91. The first-order valence-electron chi connectivity index (χ1n) is 12.6. The minimum Gasteiger partial charge on any atom is -0.444 e. The van der Waals surface area contributed by atoms with Gasteiger partial charge in [-0.1, -0.05) is 37.2 Å². The molecule has 2 fully saturated rings. The van der Waals surface area contributed by atoms with E-state index in [1.165, 1.54) is 11.8 Å². The van der Waals surface area contributed by atoms with Crippen molar-refractivity contribution in [3.63, 3.8) is 0 Å². The topological polar surface area (TPSA) is 118 Å². The number of aromatic nitrogens is 3. The molecule has 11 heteroatoms. The summed E-state index contributed by atoms with van der Waals surface area (Å²) in [7, 11) is 0. The van der Waals surface area contributed by atoms with Crippen molar-refractivity contribution in [1.82, 2.24) is 19.9 Å². The summed E-state index contributed by atoms with van der Waals surface area (Å²) in [6, 6.07) is 0.327. The summed E-state index contributed by atoms with van der Waals surface area (Å²) < 4.78 is 5.57. The maximum absolute atomic E-state index is 12.5. The Kier molecular flexibility index (Phi) is 7.75. The van der Waals surface area contributed by atoms with Gasteiger partial charge in [0.2, 0.25) is 0 Å². The van der Waals surface area contributed by atoms with E-state index in [-0.39, 0.29) is 11.5 Å². The number of carbonyl (C=O) groups excluding carboxylic acids is 1. The molecule has 1 aliphatic carbocycles. The third kappa shape index (κ3) is 5.75. The largest absolute Gasteiger partial charge is 0.444 e. The lowest BCUT2D eigenvalue weighted by Crippen LogP contribution is -2.39. The number of anilines is 4. The van der Waals surface area contributed by atoms with Gasteiger partial charge in [0.25, 0.3) is 0 Å². The van der Waals surface area contributed by atoms with Crippen LogP contribution in [0.4, 0.5) is 27.9 Å². The van der Waals surface area contributed by atoms with E-state index in [1.54, 1.807) is 12.4 Å². The van der Waals surface area contributed by atoms with E-state index in [9.17, 15) is 4.79 Å². The van der Waals surface area contributed by atoms with Crippen molar-refractivity contribution in [2.24, 2.45) is 5.41 Å². The number of nitrogens with zero attached hydrogens (tertiary/aromatic N) is 4. The first kappa shape index (κ1) is 26.6. The zero-order chi connectivity index (χ0) is 26.1. The molecular formula is C25H36ClN7O2S. The van der Waals surface area contributed by atoms with Gasteiger partial charge in [-0.25, -0.2) is 19.7 Å². The quantitative estimate of drug-likeness (QED) is 0.347. The maximum atomic E-state index is 12.5. The Morgan fingerprint density at radius 1 is 1.25 bits per heavy atom. The molecule has 36 heavy (non-hydrogen) atoms. The molecule has 196 valence electrons. The lowest BCUT2D eigenvalue weighted by molar-refractivity contribution is 0.0261. The van der Waals surface area contributed by atoms with E-state index in [2.05, 4.69) is 20.6 Å². The molecule has 3 aliphatic rings. The number of halogens is 1. The highest BCUT2D eigenvalue weighted by molar-refractivity contribution is 7.99. The smallest absolute Gasteiger partial charge is 0.410 e. The minimum atomic E-state index is -0.462. The molecule has 2 aromatic heterocycles. The standard InChI is InChI=1S/C23H30ClN7O2S.C2H6/c1-22(2,3)33-21(32)31-9-8-23(12-31)6-4-13(5-7-23)28-15-11-27-20-19(30-15)29-14-10-26-18(25)16(24)17(14)34-20;1-2/h10-11,13H,4-9,12H2,1-3H3,(H2,25,26)(H2,28,29,30);1-2H3. The number of hydrogen-bond donors (Lipinski definition) is 3. The molecule has 4 heterocycles. The van der Waals surface area contributed by atoms with Crippen LogP contribution in [0.2, 0.25) is 5.02 Å². The number of ether oxygens (including phenoxy) is 1. The van der Waals surface area contributed by atoms with Gasteiger partial charge in [-0.05, 0) is 58.3 Å². The minimum absolute atomic E-state index is 0.194. The van der Waals surface area contributed by atoms with Crippen LogP contribution in [0.1, 0.15) is 66.7 Å². The number of nitrogens with one attached hydrogen (secondary N) is 2. The summed E-state index contributed by atoms with van der Waals surface area (Å²) in [6.45, 7) is 11.3. The van der Waals surface area contributed by atoms with Crippen molar-refractivity contribution in [2.75, 3.05) is 29.5 Å². The second kappa shape index (κ2) is 10.5. The summed E-state index contributed by atoms with van der Waals surface area (Å²) >= 11 is 7.74. The summed E-state index contributed by atoms with van der Waals surface area (Å²) in [5, 5.41) is 8.01. The van der Waals surface area contributed by atoms with Crippen LogP contribution in [-0.2, 0) is 4.74 Å². The van der Waals surface area contributed by atoms with Gasteiger partial charge >= 0.3 is 6.09 Å². The highest BCUT2D eigenvalue weighted by Gasteiger charge is 2.43. The number of pyridine rings is 1. The van der Waals surface area contributed by atoms with Crippen molar-refractivity contribution in [2.45, 2.75) is 88.3 Å². The number of carbonyl (C=O) groups is 1. The van der Waals surface area contributed by atoms with Crippen molar-refractivity contribution < 1.29 is 9.53 Å². The summed E-state index contributed by atoms with van der Waals surface area (Å²) in [6.07, 6.45) is 8.50. The number of hydrogen-bond acceptors (Lipinski definition) is 9. The third-order valence-corrected chi connectivity index (χ3v) is 8.30. The Bertz CT molecular complexity index is 1120. The van der Waals surface area contributed by atoms with Crippen LogP contribution in [-0.4, -0.2) is 50.7 Å². The average Bonchev–Trinajstić information content (AvgIpc) is 3.26. The van der Waals surface area contributed by atoms with Gasteiger partial charge in [0, 0.05) is 19.1 Å². The Morgan fingerprint density at radius 3 is 2.67 bits per heavy atom. The monoisotopic (exact) mass is 533 g/mol. The van der Waals surface area contributed by atoms with Crippen molar-refractivity contribution in [1.29, 1.82) is 0 Å². The fourth-order valence-corrected chi connectivity index (χ4v) is 6.08. The lowest BCUT2D eigenvalue weighted by Gasteiger charge is -2.37. The van der Waals surface area contributed by atoms with Crippen molar-refractivity contribution in [3.05, 3.63) is 17.4 Å².